The summed E-state index contributed by atoms with van der Waals surface area (Å²) in [5.41, 5.74) is 2.98. The molecule has 140 valence electrons. The maximum Gasteiger partial charge on any atom is 0.319 e. The van der Waals surface area contributed by atoms with Crippen LogP contribution in [0.15, 0.2) is 5.03 Å². The van der Waals surface area contributed by atoms with E-state index in [1.807, 2.05) is 6.92 Å². The van der Waals surface area contributed by atoms with Crippen LogP contribution in [0.25, 0.3) is 0 Å². The number of fused-ring (bicyclic) bond motifs is 1. The number of carbonyl (C=O) groups excluding carboxylic acids is 1. The molecule has 1 aliphatic heterocycles. The van der Waals surface area contributed by atoms with Gasteiger partial charge >= 0.3 is 5.97 Å². The molecule has 0 aromatic carbocycles. The minimum Gasteiger partial charge on any atom is -0.468 e. The van der Waals surface area contributed by atoms with Crippen molar-refractivity contribution in [2.24, 2.45) is 0 Å². The second-order valence-electron chi connectivity index (χ2n) is 6.53. The van der Waals surface area contributed by atoms with E-state index in [0.717, 1.165) is 50.2 Å². The van der Waals surface area contributed by atoms with Crippen molar-refractivity contribution < 1.29 is 14.3 Å². The number of thioether (sulfide) groups is 1. The number of hydrogen-bond donors (Lipinski definition) is 0. The maximum atomic E-state index is 12.0. The molecule has 0 spiro atoms. The number of ether oxygens (including phenoxy) is 2. The molecule has 0 amide bonds. The van der Waals surface area contributed by atoms with Crippen LogP contribution in [0.2, 0.25) is 0 Å². The van der Waals surface area contributed by atoms with Gasteiger partial charge in [0.1, 0.15) is 22.2 Å². The Labute approximate surface area is 158 Å². The van der Waals surface area contributed by atoms with E-state index in [1.165, 1.54) is 24.4 Å². The van der Waals surface area contributed by atoms with Crippen molar-refractivity contribution in [2.45, 2.75) is 49.3 Å². The summed E-state index contributed by atoms with van der Waals surface area (Å²) in [6, 6.07) is 2.36. The van der Waals surface area contributed by atoms with Gasteiger partial charge in [0.25, 0.3) is 0 Å². The van der Waals surface area contributed by atoms with Crippen molar-refractivity contribution in [3.63, 3.8) is 0 Å². The van der Waals surface area contributed by atoms with E-state index >= 15 is 0 Å². The van der Waals surface area contributed by atoms with Crippen LogP contribution in [0.4, 0.5) is 5.82 Å². The summed E-state index contributed by atoms with van der Waals surface area (Å²) in [4.78, 5) is 19.2. The van der Waals surface area contributed by atoms with E-state index in [-0.39, 0.29) is 11.2 Å². The fraction of sp³-hybridized carbons (Fsp3) is 0.632. The van der Waals surface area contributed by atoms with Gasteiger partial charge in [-0.25, -0.2) is 4.98 Å². The van der Waals surface area contributed by atoms with Gasteiger partial charge < -0.3 is 14.4 Å². The van der Waals surface area contributed by atoms with Crippen LogP contribution < -0.4 is 4.90 Å². The van der Waals surface area contributed by atoms with Gasteiger partial charge in [-0.15, -0.1) is 0 Å². The molecule has 1 aliphatic carbocycles. The molecule has 7 heteroatoms. The normalized spacial score (nSPS) is 18.0. The molecule has 2 aliphatic rings. The number of esters is 1. The van der Waals surface area contributed by atoms with Gasteiger partial charge in [0.05, 0.1) is 25.9 Å². The zero-order valence-electron chi connectivity index (χ0n) is 15.4. The molecule has 1 aromatic heterocycles. The summed E-state index contributed by atoms with van der Waals surface area (Å²) < 4.78 is 10.4. The predicted molar refractivity (Wildman–Crippen MR) is 101 cm³/mol. The number of rotatable bonds is 5. The monoisotopic (exact) mass is 375 g/mol. The molecule has 3 rings (SSSR count). The summed E-state index contributed by atoms with van der Waals surface area (Å²) in [7, 11) is 1.40. The number of nitrogens with zero attached hydrogens (tertiary/aromatic N) is 3. The second-order valence-corrected chi connectivity index (χ2v) is 7.72. The van der Waals surface area contributed by atoms with Gasteiger partial charge in [0.15, 0.2) is 0 Å². The molecule has 2 heterocycles. The van der Waals surface area contributed by atoms with Gasteiger partial charge in [-0.1, -0.05) is 18.7 Å². The number of methoxy groups -OCH3 is 1. The van der Waals surface area contributed by atoms with Crippen molar-refractivity contribution in [2.75, 3.05) is 38.3 Å². The highest BCUT2D eigenvalue weighted by Crippen LogP contribution is 2.38. The van der Waals surface area contributed by atoms with E-state index < -0.39 is 0 Å². The lowest BCUT2D eigenvalue weighted by molar-refractivity contribution is -0.140. The number of carbonyl (C=O) groups is 1. The Kier molecular flexibility index (Phi) is 6.38. The molecular formula is C19H25N3O3S. The molecule has 0 N–H and O–H groups in total. The highest BCUT2D eigenvalue weighted by atomic mass is 32.2. The van der Waals surface area contributed by atoms with Crippen molar-refractivity contribution in [3.05, 3.63) is 16.7 Å². The average Bonchev–Trinajstić information content (AvgIpc) is 2.71. The lowest BCUT2D eigenvalue weighted by Gasteiger charge is -2.32. The smallest absolute Gasteiger partial charge is 0.319 e. The van der Waals surface area contributed by atoms with E-state index in [0.29, 0.717) is 30.2 Å². The number of morpholine rings is 1. The molecule has 1 unspecified atom stereocenters. The highest BCUT2D eigenvalue weighted by Gasteiger charge is 2.28. The van der Waals surface area contributed by atoms with E-state index in [9.17, 15) is 10.1 Å². The molecule has 0 saturated carbocycles. The van der Waals surface area contributed by atoms with Crippen LogP contribution in [0.1, 0.15) is 42.9 Å². The van der Waals surface area contributed by atoms with E-state index in [2.05, 4.69) is 11.0 Å². The fourth-order valence-electron chi connectivity index (χ4n) is 3.58. The quantitative estimate of drug-likeness (QED) is 0.578. The Morgan fingerprint density at radius 2 is 2.04 bits per heavy atom. The molecule has 1 atom stereocenters. The van der Waals surface area contributed by atoms with Crippen molar-refractivity contribution in [3.8, 4) is 6.07 Å². The number of anilines is 1. The van der Waals surface area contributed by atoms with Crippen LogP contribution in [0.5, 0.6) is 0 Å². The van der Waals surface area contributed by atoms with Crippen LogP contribution in [-0.4, -0.2) is 49.6 Å². The van der Waals surface area contributed by atoms with E-state index in [4.69, 9.17) is 14.5 Å². The molecule has 6 nitrogen and oxygen atoms in total. The Morgan fingerprint density at radius 3 is 2.65 bits per heavy atom. The van der Waals surface area contributed by atoms with Crippen LogP contribution in [-0.2, 0) is 27.1 Å². The van der Waals surface area contributed by atoms with Crippen LogP contribution >= 0.6 is 11.8 Å². The standard InChI is InChI=1S/C19H25N3O3S/c1-3-16(19(23)24-2)26-18-15(12-20)13-6-4-5-7-14(13)17(21-18)22-8-10-25-11-9-22/h16H,3-11H2,1-2H3. The Balaban J connectivity index is 2.05. The highest BCUT2D eigenvalue weighted by molar-refractivity contribution is 8.00. The summed E-state index contributed by atoms with van der Waals surface area (Å²) >= 11 is 1.36. The predicted octanol–water partition coefficient (Wildman–Crippen LogP) is 2.71. The first-order chi connectivity index (χ1) is 12.7. The summed E-state index contributed by atoms with van der Waals surface area (Å²) in [5, 5.41) is 10.1. The lowest BCUT2D eigenvalue weighted by Crippen LogP contribution is -2.38. The Bertz CT molecular complexity index is 711. The SMILES string of the molecule is CCC(Sc1nc(N2CCOCC2)c2c(c1C#N)CCCC2)C(=O)OC. The number of pyridine rings is 1. The minimum atomic E-state index is -0.348. The largest absolute Gasteiger partial charge is 0.468 e. The van der Waals surface area contributed by atoms with Gasteiger partial charge in [-0.3, -0.25) is 4.79 Å². The number of aromatic nitrogens is 1. The number of nitriles is 1. The molecule has 1 aromatic rings. The van der Waals surface area contributed by atoms with Crippen molar-refractivity contribution >= 4 is 23.5 Å². The second kappa shape index (κ2) is 8.74. The van der Waals surface area contributed by atoms with Crippen molar-refractivity contribution in [1.82, 2.24) is 4.98 Å². The lowest BCUT2D eigenvalue weighted by atomic mass is 9.89. The minimum absolute atomic E-state index is 0.270. The summed E-state index contributed by atoms with van der Waals surface area (Å²) in [6.45, 7) is 4.95. The topological polar surface area (TPSA) is 75.5 Å². The first-order valence-corrected chi connectivity index (χ1v) is 10.1. The molecule has 0 radical (unpaired) electrons. The third kappa shape index (κ3) is 3.81. The molecular weight excluding hydrogens is 350 g/mol. The molecule has 0 bridgehead atoms. The molecule has 26 heavy (non-hydrogen) atoms. The zero-order valence-corrected chi connectivity index (χ0v) is 16.2. The molecule has 1 saturated heterocycles. The Hall–Kier alpha value is -1.78. The van der Waals surface area contributed by atoms with Crippen LogP contribution in [0, 0.1) is 11.3 Å². The first-order valence-electron chi connectivity index (χ1n) is 9.22. The Morgan fingerprint density at radius 1 is 1.35 bits per heavy atom. The number of hydrogen-bond acceptors (Lipinski definition) is 7. The summed E-state index contributed by atoms with van der Waals surface area (Å²) in [6.07, 6.45) is 4.72. The average molecular weight is 375 g/mol. The third-order valence-corrected chi connectivity index (χ3v) is 6.30. The first kappa shape index (κ1) is 19.0. The van der Waals surface area contributed by atoms with Gasteiger partial charge in [0, 0.05) is 13.1 Å². The van der Waals surface area contributed by atoms with Crippen LogP contribution in [0.3, 0.4) is 0 Å². The van der Waals surface area contributed by atoms with Gasteiger partial charge in [0.2, 0.25) is 0 Å². The van der Waals surface area contributed by atoms with Crippen molar-refractivity contribution in [1.29, 1.82) is 5.26 Å². The fourth-order valence-corrected chi connectivity index (χ4v) is 4.63. The third-order valence-electron chi connectivity index (χ3n) is 4.97. The maximum absolute atomic E-state index is 12.0. The molecule has 1 fully saturated rings. The van der Waals surface area contributed by atoms with E-state index in [1.54, 1.807) is 0 Å². The van der Waals surface area contributed by atoms with Gasteiger partial charge in [-0.05, 0) is 43.2 Å². The zero-order chi connectivity index (χ0) is 18.5. The summed E-state index contributed by atoms with van der Waals surface area (Å²) in [5.74, 6) is 0.707. The van der Waals surface area contributed by atoms with Gasteiger partial charge in [-0.2, -0.15) is 5.26 Å².